The topological polar surface area (TPSA) is 97.9 Å². The molecule has 8 nitrogen and oxygen atoms in total. The van der Waals surface area contributed by atoms with Crippen LogP contribution in [0.1, 0.15) is 41.5 Å². The number of likely N-dealkylation sites (N-methyl/N-ethyl adjacent to an activating group) is 1. The van der Waals surface area contributed by atoms with Gasteiger partial charge in [0.05, 0.1) is 12.7 Å². The first kappa shape index (κ1) is 22.5. The molecule has 0 aromatic heterocycles. The van der Waals surface area contributed by atoms with Gasteiger partial charge in [-0.2, -0.15) is 0 Å². The van der Waals surface area contributed by atoms with Crippen LogP contribution >= 0.6 is 0 Å². The minimum absolute atomic E-state index is 0.217. The highest BCUT2D eigenvalue weighted by Gasteiger charge is 2.20. The fraction of sp³-hybridized carbons (Fsp3) is 0.875. The van der Waals surface area contributed by atoms with Crippen molar-refractivity contribution in [1.82, 2.24) is 16.0 Å². The molecule has 0 heterocycles. The fourth-order valence-corrected chi connectivity index (χ4v) is 1.54. The van der Waals surface area contributed by atoms with E-state index in [1.807, 2.05) is 7.05 Å². The van der Waals surface area contributed by atoms with Crippen LogP contribution in [-0.4, -0.2) is 62.8 Å². The average Bonchev–Trinajstić information content (AvgIpc) is 2.37. The lowest BCUT2D eigenvalue weighted by Crippen LogP contribution is -2.44. The largest absolute Gasteiger partial charge is 0.444 e. The predicted octanol–water partition coefficient (Wildman–Crippen LogP) is 1.64. The van der Waals surface area contributed by atoms with Crippen LogP contribution in [0.5, 0.6) is 0 Å². The first-order chi connectivity index (χ1) is 10.9. The highest BCUT2D eigenvalue weighted by atomic mass is 16.6. The molecule has 0 atom stereocenters. The monoisotopic (exact) mass is 347 g/mol. The molecular weight excluding hydrogens is 314 g/mol. The van der Waals surface area contributed by atoms with Crippen molar-refractivity contribution in [2.45, 2.75) is 58.8 Å². The van der Waals surface area contributed by atoms with Gasteiger partial charge in [-0.1, -0.05) is 0 Å². The maximum atomic E-state index is 11.7. The Kier molecular flexibility index (Phi) is 9.69. The van der Waals surface area contributed by atoms with Gasteiger partial charge in [-0.05, 0) is 48.6 Å². The van der Waals surface area contributed by atoms with Gasteiger partial charge in [-0.25, -0.2) is 9.59 Å². The van der Waals surface area contributed by atoms with Crippen LogP contribution in [-0.2, 0) is 14.2 Å². The summed E-state index contributed by atoms with van der Waals surface area (Å²) >= 11 is 0. The second-order valence-electron chi connectivity index (χ2n) is 7.36. The summed E-state index contributed by atoms with van der Waals surface area (Å²) in [7, 11) is 1.82. The molecule has 0 saturated heterocycles. The SMILES string of the molecule is CNCCOC(CNC(=O)OC(C)(C)C)CNC(=O)OC(C)(C)C. The summed E-state index contributed by atoms with van der Waals surface area (Å²) in [6.45, 7) is 12.3. The number of rotatable bonds is 8. The molecule has 0 radical (unpaired) electrons. The van der Waals surface area contributed by atoms with E-state index in [4.69, 9.17) is 14.2 Å². The summed E-state index contributed by atoms with van der Waals surface area (Å²) in [6, 6.07) is 0. The zero-order valence-electron chi connectivity index (χ0n) is 15.9. The molecule has 142 valence electrons. The van der Waals surface area contributed by atoms with Gasteiger partial charge in [0.25, 0.3) is 0 Å². The molecule has 0 saturated carbocycles. The summed E-state index contributed by atoms with van der Waals surface area (Å²) < 4.78 is 16.0. The van der Waals surface area contributed by atoms with Gasteiger partial charge in [0.2, 0.25) is 0 Å². The van der Waals surface area contributed by atoms with Crippen LogP contribution in [0, 0.1) is 0 Å². The second-order valence-corrected chi connectivity index (χ2v) is 7.36. The Morgan fingerprint density at radius 2 is 1.29 bits per heavy atom. The quantitative estimate of drug-likeness (QED) is 0.578. The first-order valence-electron chi connectivity index (χ1n) is 8.13. The third kappa shape index (κ3) is 14.1. The number of hydrogen-bond acceptors (Lipinski definition) is 6. The molecule has 0 rings (SSSR count). The van der Waals surface area contributed by atoms with Crippen molar-refractivity contribution < 1.29 is 23.8 Å². The van der Waals surface area contributed by atoms with Crippen molar-refractivity contribution in [1.29, 1.82) is 0 Å². The zero-order chi connectivity index (χ0) is 18.8. The van der Waals surface area contributed by atoms with Crippen LogP contribution in [0.25, 0.3) is 0 Å². The van der Waals surface area contributed by atoms with Crippen LogP contribution < -0.4 is 16.0 Å². The average molecular weight is 347 g/mol. The number of carbonyl (C=O) groups is 2. The van der Waals surface area contributed by atoms with E-state index in [0.29, 0.717) is 13.2 Å². The molecule has 2 amide bonds. The van der Waals surface area contributed by atoms with Gasteiger partial charge < -0.3 is 30.2 Å². The van der Waals surface area contributed by atoms with E-state index in [1.165, 1.54) is 0 Å². The molecule has 0 aliphatic carbocycles. The summed E-state index contributed by atoms with van der Waals surface area (Å²) in [5.41, 5.74) is -1.14. The van der Waals surface area contributed by atoms with Gasteiger partial charge in [-0.3, -0.25) is 0 Å². The summed E-state index contributed by atoms with van der Waals surface area (Å²) in [5.74, 6) is 0. The molecular formula is C16H33N3O5. The Labute approximate surface area is 145 Å². The molecule has 0 unspecified atom stereocenters. The highest BCUT2D eigenvalue weighted by Crippen LogP contribution is 2.07. The van der Waals surface area contributed by atoms with Crippen molar-refractivity contribution in [3.05, 3.63) is 0 Å². The molecule has 0 spiro atoms. The Bertz CT molecular complexity index is 356. The Balaban J connectivity index is 4.36. The zero-order valence-corrected chi connectivity index (χ0v) is 15.9. The lowest BCUT2D eigenvalue weighted by Gasteiger charge is -2.23. The van der Waals surface area contributed by atoms with E-state index in [-0.39, 0.29) is 13.1 Å². The molecule has 0 fully saturated rings. The highest BCUT2D eigenvalue weighted by molar-refractivity contribution is 5.68. The Hall–Kier alpha value is -1.54. The van der Waals surface area contributed by atoms with Crippen molar-refractivity contribution in [3.8, 4) is 0 Å². The molecule has 0 aliphatic rings. The summed E-state index contributed by atoms with van der Waals surface area (Å²) in [5, 5.41) is 8.24. The van der Waals surface area contributed by atoms with E-state index in [1.54, 1.807) is 41.5 Å². The second kappa shape index (κ2) is 10.4. The third-order valence-electron chi connectivity index (χ3n) is 2.45. The normalized spacial score (nSPS) is 12.0. The summed E-state index contributed by atoms with van der Waals surface area (Å²) in [6.07, 6.45) is -1.44. The number of hydrogen-bond donors (Lipinski definition) is 3. The maximum absolute atomic E-state index is 11.7. The van der Waals surface area contributed by atoms with E-state index in [2.05, 4.69) is 16.0 Å². The number of carbonyl (C=O) groups excluding carboxylic acids is 2. The van der Waals surface area contributed by atoms with Crippen molar-refractivity contribution in [2.75, 3.05) is 33.3 Å². The molecule has 0 aromatic rings. The van der Waals surface area contributed by atoms with Crippen LogP contribution in [0.3, 0.4) is 0 Å². The number of nitrogens with one attached hydrogen (secondary N) is 3. The Morgan fingerprint density at radius 3 is 1.62 bits per heavy atom. The van der Waals surface area contributed by atoms with E-state index in [0.717, 1.165) is 0 Å². The smallest absolute Gasteiger partial charge is 0.407 e. The standard InChI is InChI=1S/C16H33N3O5/c1-15(2,3)23-13(20)18-10-12(22-9-8-17-7)11-19-14(21)24-16(4,5)6/h12,17H,8-11H2,1-7H3,(H,18,20)(H,19,21). The van der Waals surface area contributed by atoms with Gasteiger partial charge in [0, 0.05) is 19.6 Å². The van der Waals surface area contributed by atoms with Crippen LogP contribution in [0.2, 0.25) is 0 Å². The molecule has 8 heteroatoms. The van der Waals surface area contributed by atoms with Crippen LogP contribution in [0.15, 0.2) is 0 Å². The third-order valence-corrected chi connectivity index (χ3v) is 2.45. The molecule has 3 N–H and O–H groups in total. The number of amides is 2. The van der Waals surface area contributed by atoms with Gasteiger partial charge in [-0.15, -0.1) is 0 Å². The van der Waals surface area contributed by atoms with E-state index >= 15 is 0 Å². The maximum Gasteiger partial charge on any atom is 0.407 e. The lowest BCUT2D eigenvalue weighted by molar-refractivity contribution is 0.0296. The molecule has 0 bridgehead atoms. The van der Waals surface area contributed by atoms with E-state index in [9.17, 15) is 9.59 Å². The number of alkyl carbamates (subject to hydrolysis) is 2. The van der Waals surface area contributed by atoms with E-state index < -0.39 is 29.5 Å². The minimum Gasteiger partial charge on any atom is -0.444 e. The van der Waals surface area contributed by atoms with Gasteiger partial charge in [0.1, 0.15) is 11.2 Å². The molecule has 0 aliphatic heterocycles. The Morgan fingerprint density at radius 1 is 0.875 bits per heavy atom. The number of ether oxygens (including phenoxy) is 3. The van der Waals surface area contributed by atoms with Gasteiger partial charge in [0.15, 0.2) is 0 Å². The first-order valence-corrected chi connectivity index (χ1v) is 8.13. The van der Waals surface area contributed by atoms with Crippen LogP contribution in [0.4, 0.5) is 9.59 Å². The van der Waals surface area contributed by atoms with Crippen molar-refractivity contribution >= 4 is 12.2 Å². The lowest BCUT2D eigenvalue weighted by atomic mass is 10.2. The van der Waals surface area contributed by atoms with Crippen molar-refractivity contribution in [3.63, 3.8) is 0 Å². The molecule has 0 aromatic carbocycles. The van der Waals surface area contributed by atoms with Crippen molar-refractivity contribution in [2.24, 2.45) is 0 Å². The fourth-order valence-electron chi connectivity index (χ4n) is 1.54. The van der Waals surface area contributed by atoms with Gasteiger partial charge >= 0.3 is 12.2 Å². The molecule has 24 heavy (non-hydrogen) atoms. The minimum atomic E-state index is -0.568. The summed E-state index contributed by atoms with van der Waals surface area (Å²) in [4.78, 5) is 23.4. The predicted molar refractivity (Wildman–Crippen MR) is 92.1 cm³/mol.